The molecule has 0 spiro atoms. The van der Waals surface area contributed by atoms with Gasteiger partial charge in [0.1, 0.15) is 11.5 Å². The van der Waals surface area contributed by atoms with Gasteiger partial charge in [-0.15, -0.1) is 0 Å². The van der Waals surface area contributed by atoms with Crippen molar-refractivity contribution in [3.8, 4) is 0 Å². The molecule has 1 aliphatic rings. The maximum absolute atomic E-state index is 13.0. The molecule has 1 fully saturated rings. The van der Waals surface area contributed by atoms with Crippen LogP contribution in [0, 0.1) is 13.8 Å². The summed E-state index contributed by atoms with van der Waals surface area (Å²) in [7, 11) is 0. The lowest BCUT2D eigenvalue weighted by Gasteiger charge is -2.23. The SMILES string of the molecule is Cc1ccc(/C(O)=C2\C(=O)C(=O)N(c3cc(C)on3)C2c2cccc(Br)c2)cc1. The fraction of sp³-hybridized carbons (Fsp3) is 0.136. The average Bonchev–Trinajstić information content (AvgIpc) is 3.23. The Morgan fingerprint density at radius 3 is 2.45 bits per heavy atom. The van der Waals surface area contributed by atoms with E-state index in [9.17, 15) is 14.7 Å². The molecule has 1 unspecified atom stereocenters. The molecule has 7 heteroatoms. The number of amides is 1. The van der Waals surface area contributed by atoms with Gasteiger partial charge in [-0.05, 0) is 31.5 Å². The molecule has 4 rings (SSSR count). The first-order chi connectivity index (χ1) is 13.9. The number of rotatable bonds is 3. The quantitative estimate of drug-likeness (QED) is 0.354. The van der Waals surface area contributed by atoms with E-state index in [2.05, 4.69) is 21.1 Å². The second kappa shape index (κ2) is 7.33. The lowest BCUT2D eigenvalue weighted by Crippen LogP contribution is -2.29. The van der Waals surface area contributed by atoms with Crippen LogP contribution in [0.4, 0.5) is 5.82 Å². The van der Waals surface area contributed by atoms with Crippen LogP contribution in [0.25, 0.3) is 5.76 Å². The van der Waals surface area contributed by atoms with Gasteiger partial charge in [0.25, 0.3) is 5.78 Å². The Hall–Kier alpha value is -3.19. The summed E-state index contributed by atoms with van der Waals surface area (Å²) in [6.07, 6.45) is 0. The number of aliphatic hydroxyl groups is 1. The Labute approximate surface area is 175 Å². The molecule has 0 saturated carbocycles. The van der Waals surface area contributed by atoms with Crippen molar-refractivity contribution in [2.45, 2.75) is 19.9 Å². The van der Waals surface area contributed by atoms with E-state index in [0.29, 0.717) is 16.9 Å². The van der Waals surface area contributed by atoms with Gasteiger partial charge in [-0.1, -0.05) is 63.0 Å². The minimum absolute atomic E-state index is 0.0117. The molecule has 3 aromatic rings. The Bertz CT molecular complexity index is 1150. The summed E-state index contributed by atoms with van der Waals surface area (Å²) in [5.74, 6) is -1.03. The first kappa shape index (κ1) is 19.1. The van der Waals surface area contributed by atoms with Crippen LogP contribution >= 0.6 is 15.9 Å². The highest BCUT2D eigenvalue weighted by Crippen LogP contribution is 2.42. The molecule has 6 nitrogen and oxygen atoms in total. The van der Waals surface area contributed by atoms with E-state index in [-0.39, 0.29) is 17.2 Å². The summed E-state index contributed by atoms with van der Waals surface area (Å²) in [4.78, 5) is 27.2. The molecular formula is C22H17BrN2O4. The lowest BCUT2D eigenvalue weighted by molar-refractivity contribution is -0.132. The molecule has 0 aliphatic carbocycles. The zero-order valence-corrected chi connectivity index (χ0v) is 17.3. The van der Waals surface area contributed by atoms with Gasteiger partial charge in [-0.3, -0.25) is 14.5 Å². The van der Waals surface area contributed by atoms with E-state index in [1.807, 2.05) is 25.1 Å². The average molecular weight is 453 g/mol. The van der Waals surface area contributed by atoms with Crippen LogP contribution in [-0.4, -0.2) is 22.0 Å². The van der Waals surface area contributed by atoms with Crippen molar-refractivity contribution >= 4 is 39.2 Å². The van der Waals surface area contributed by atoms with Crippen molar-refractivity contribution < 1.29 is 19.2 Å². The minimum Gasteiger partial charge on any atom is -0.507 e. The number of ketones is 1. The van der Waals surface area contributed by atoms with Gasteiger partial charge in [0.2, 0.25) is 0 Å². The van der Waals surface area contributed by atoms with Crippen molar-refractivity contribution in [3.05, 3.63) is 87.1 Å². The molecule has 1 aliphatic heterocycles. The van der Waals surface area contributed by atoms with Crippen LogP contribution in [0.5, 0.6) is 0 Å². The largest absolute Gasteiger partial charge is 0.507 e. The maximum atomic E-state index is 13.0. The molecule has 1 atom stereocenters. The van der Waals surface area contributed by atoms with Crippen LogP contribution in [0.1, 0.15) is 28.5 Å². The molecule has 1 aromatic heterocycles. The number of aliphatic hydroxyl groups excluding tert-OH is 1. The van der Waals surface area contributed by atoms with E-state index in [1.165, 1.54) is 4.90 Å². The lowest BCUT2D eigenvalue weighted by atomic mass is 9.95. The number of benzene rings is 2. The van der Waals surface area contributed by atoms with E-state index >= 15 is 0 Å². The number of halogens is 1. The fourth-order valence-corrected chi connectivity index (χ4v) is 3.81. The fourth-order valence-electron chi connectivity index (χ4n) is 3.39. The molecule has 1 saturated heterocycles. The third-order valence-corrected chi connectivity index (χ3v) is 5.29. The number of aromatic nitrogens is 1. The Morgan fingerprint density at radius 1 is 1.10 bits per heavy atom. The first-order valence-corrected chi connectivity index (χ1v) is 9.73. The number of anilines is 1. The number of carbonyl (C=O) groups excluding carboxylic acids is 2. The predicted molar refractivity (Wildman–Crippen MR) is 111 cm³/mol. The summed E-state index contributed by atoms with van der Waals surface area (Å²) in [5.41, 5.74) is 2.15. The summed E-state index contributed by atoms with van der Waals surface area (Å²) >= 11 is 3.43. The van der Waals surface area contributed by atoms with Gasteiger partial charge < -0.3 is 9.63 Å². The molecule has 2 heterocycles. The van der Waals surface area contributed by atoms with Crippen molar-refractivity contribution in [2.24, 2.45) is 0 Å². The number of Topliss-reactive ketones (excluding diaryl/α,β-unsaturated/α-hetero) is 1. The minimum atomic E-state index is -0.835. The predicted octanol–water partition coefficient (Wildman–Crippen LogP) is 4.68. The normalized spacial score (nSPS) is 18.4. The molecular weight excluding hydrogens is 436 g/mol. The van der Waals surface area contributed by atoms with Gasteiger partial charge in [-0.2, -0.15) is 0 Å². The molecule has 29 heavy (non-hydrogen) atoms. The second-order valence-electron chi connectivity index (χ2n) is 6.89. The van der Waals surface area contributed by atoms with Gasteiger partial charge in [0.15, 0.2) is 5.82 Å². The summed E-state index contributed by atoms with van der Waals surface area (Å²) in [6.45, 7) is 3.63. The van der Waals surface area contributed by atoms with Crippen LogP contribution < -0.4 is 4.90 Å². The summed E-state index contributed by atoms with van der Waals surface area (Å²) in [6, 6.07) is 15.1. The first-order valence-electron chi connectivity index (χ1n) is 8.93. The van der Waals surface area contributed by atoms with Crippen molar-refractivity contribution in [2.75, 3.05) is 4.90 Å². The van der Waals surface area contributed by atoms with Crippen LogP contribution in [-0.2, 0) is 9.59 Å². The highest BCUT2D eigenvalue weighted by atomic mass is 79.9. The van der Waals surface area contributed by atoms with Crippen LogP contribution in [0.15, 0.2) is 69.2 Å². The van der Waals surface area contributed by atoms with Gasteiger partial charge >= 0.3 is 5.91 Å². The third kappa shape index (κ3) is 3.38. The number of nitrogens with zero attached hydrogens (tertiary/aromatic N) is 2. The Balaban J connectivity index is 1.95. The number of hydrogen-bond donors (Lipinski definition) is 1. The second-order valence-corrected chi connectivity index (χ2v) is 7.80. The number of hydrogen-bond acceptors (Lipinski definition) is 5. The maximum Gasteiger partial charge on any atom is 0.301 e. The Kier molecular flexibility index (Phi) is 4.84. The standard InChI is InChI=1S/C22H17BrN2O4/c1-12-6-8-14(9-7-12)20(26)18-19(15-4-3-5-16(23)11-15)25(22(28)21(18)27)17-10-13(2)29-24-17/h3-11,19,26H,1-2H3/b20-18+. The molecule has 1 amide bonds. The molecule has 146 valence electrons. The number of aryl methyl sites for hydroxylation is 2. The monoisotopic (exact) mass is 452 g/mol. The van der Waals surface area contributed by atoms with Crippen molar-refractivity contribution in [1.82, 2.24) is 5.16 Å². The third-order valence-electron chi connectivity index (χ3n) is 4.80. The van der Waals surface area contributed by atoms with Crippen LogP contribution in [0.2, 0.25) is 0 Å². The molecule has 2 aromatic carbocycles. The zero-order chi connectivity index (χ0) is 20.7. The smallest absolute Gasteiger partial charge is 0.301 e. The van der Waals surface area contributed by atoms with E-state index < -0.39 is 17.7 Å². The molecule has 1 N–H and O–H groups in total. The van der Waals surface area contributed by atoms with Crippen LogP contribution in [0.3, 0.4) is 0 Å². The van der Waals surface area contributed by atoms with Gasteiger partial charge in [0, 0.05) is 16.1 Å². The highest BCUT2D eigenvalue weighted by molar-refractivity contribution is 9.10. The van der Waals surface area contributed by atoms with E-state index in [1.54, 1.807) is 43.3 Å². The van der Waals surface area contributed by atoms with Gasteiger partial charge in [0.05, 0.1) is 11.6 Å². The van der Waals surface area contributed by atoms with E-state index in [0.717, 1.165) is 10.0 Å². The topological polar surface area (TPSA) is 83.6 Å². The molecule has 0 bridgehead atoms. The number of carbonyl (C=O) groups is 2. The van der Waals surface area contributed by atoms with Crippen molar-refractivity contribution in [1.29, 1.82) is 0 Å². The molecule has 0 radical (unpaired) electrons. The Morgan fingerprint density at radius 2 is 1.83 bits per heavy atom. The van der Waals surface area contributed by atoms with E-state index in [4.69, 9.17) is 4.52 Å². The van der Waals surface area contributed by atoms with Crippen molar-refractivity contribution in [3.63, 3.8) is 0 Å². The highest BCUT2D eigenvalue weighted by Gasteiger charge is 2.48. The van der Waals surface area contributed by atoms with Gasteiger partial charge in [-0.25, -0.2) is 0 Å². The summed E-state index contributed by atoms with van der Waals surface area (Å²) < 4.78 is 5.90. The zero-order valence-electron chi connectivity index (χ0n) is 15.7. The summed E-state index contributed by atoms with van der Waals surface area (Å²) in [5, 5.41) is 14.9.